The summed E-state index contributed by atoms with van der Waals surface area (Å²) in [5, 5.41) is 6.71. The highest BCUT2D eigenvalue weighted by Crippen LogP contribution is 2.32. The zero-order valence-electron chi connectivity index (χ0n) is 12.5. The molecule has 1 saturated carbocycles. The Morgan fingerprint density at radius 3 is 2.74 bits per heavy atom. The van der Waals surface area contributed by atoms with E-state index in [9.17, 15) is 4.79 Å². The molecule has 3 nitrogen and oxygen atoms in total. The second kappa shape index (κ2) is 6.49. The van der Waals surface area contributed by atoms with Crippen molar-refractivity contribution in [2.45, 2.75) is 69.2 Å². The highest BCUT2D eigenvalue weighted by Gasteiger charge is 2.34. The van der Waals surface area contributed by atoms with Crippen molar-refractivity contribution in [3.63, 3.8) is 0 Å². The van der Waals surface area contributed by atoms with Crippen LogP contribution in [0.1, 0.15) is 52.4 Å². The van der Waals surface area contributed by atoms with E-state index in [-0.39, 0.29) is 16.7 Å². The quantitative estimate of drug-likeness (QED) is 0.833. The molecule has 0 aromatic heterocycles. The summed E-state index contributed by atoms with van der Waals surface area (Å²) in [6.45, 7) is 5.09. The molecule has 110 valence electrons. The number of hydrogen-bond donors (Lipinski definition) is 2. The van der Waals surface area contributed by atoms with E-state index in [0.717, 1.165) is 18.9 Å². The van der Waals surface area contributed by atoms with Crippen LogP contribution in [0.2, 0.25) is 0 Å². The molecule has 1 heterocycles. The molecule has 0 radical (unpaired) electrons. The third kappa shape index (κ3) is 4.12. The maximum atomic E-state index is 12.3. The van der Waals surface area contributed by atoms with Crippen molar-refractivity contribution in [1.82, 2.24) is 10.6 Å². The molecule has 19 heavy (non-hydrogen) atoms. The molecule has 2 aliphatic rings. The molecule has 1 aliphatic carbocycles. The van der Waals surface area contributed by atoms with Crippen LogP contribution in [0.25, 0.3) is 0 Å². The molecule has 3 unspecified atom stereocenters. The summed E-state index contributed by atoms with van der Waals surface area (Å²) in [5.74, 6) is 1.02. The second-order valence-electron chi connectivity index (χ2n) is 6.63. The number of fused-ring (bicyclic) bond motifs is 1. The van der Waals surface area contributed by atoms with Crippen LogP contribution in [0.3, 0.4) is 0 Å². The maximum Gasteiger partial charge on any atom is 0.237 e. The van der Waals surface area contributed by atoms with Crippen molar-refractivity contribution < 1.29 is 4.79 Å². The van der Waals surface area contributed by atoms with Crippen LogP contribution in [-0.2, 0) is 4.79 Å². The largest absolute Gasteiger partial charge is 0.353 e. The Balaban J connectivity index is 1.80. The summed E-state index contributed by atoms with van der Waals surface area (Å²) in [6, 6.07) is 0.629. The molecule has 2 rings (SSSR count). The lowest BCUT2D eigenvalue weighted by Gasteiger charge is -2.40. The first-order chi connectivity index (χ1) is 9.02. The predicted octanol–water partition coefficient (Wildman–Crippen LogP) is 2.55. The predicted molar refractivity (Wildman–Crippen MR) is 82.5 cm³/mol. The van der Waals surface area contributed by atoms with Crippen molar-refractivity contribution in [2.75, 3.05) is 12.8 Å². The summed E-state index contributed by atoms with van der Waals surface area (Å²) in [7, 11) is 0. The molecule has 0 aromatic rings. The number of piperidine rings is 1. The minimum atomic E-state index is 0.0389. The van der Waals surface area contributed by atoms with Crippen LogP contribution in [0.5, 0.6) is 0 Å². The van der Waals surface area contributed by atoms with Gasteiger partial charge in [-0.1, -0.05) is 12.8 Å². The van der Waals surface area contributed by atoms with E-state index in [2.05, 4.69) is 30.7 Å². The average Bonchev–Trinajstić information content (AvgIpc) is 2.44. The van der Waals surface area contributed by atoms with Crippen molar-refractivity contribution in [1.29, 1.82) is 0 Å². The summed E-state index contributed by atoms with van der Waals surface area (Å²) >= 11 is 1.80. The van der Waals surface area contributed by atoms with Gasteiger partial charge >= 0.3 is 0 Å². The topological polar surface area (TPSA) is 41.1 Å². The van der Waals surface area contributed by atoms with Crippen LogP contribution >= 0.6 is 11.8 Å². The van der Waals surface area contributed by atoms with Gasteiger partial charge in [-0.2, -0.15) is 11.8 Å². The Labute approximate surface area is 121 Å². The number of nitrogens with one attached hydrogen (secondary N) is 2. The van der Waals surface area contributed by atoms with Gasteiger partial charge in [0.1, 0.15) is 0 Å². The van der Waals surface area contributed by atoms with Gasteiger partial charge in [0.15, 0.2) is 0 Å². The summed E-state index contributed by atoms with van der Waals surface area (Å²) in [6.07, 6.45) is 9.63. The van der Waals surface area contributed by atoms with E-state index in [1.54, 1.807) is 11.8 Å². The molecule has 0 spiro atoms. The molecule has 2 fully saturated rings. The van der Waals surface area contributed by atoms with Gasteiger partial charge in [-0.3, -0.25) is 4.79 Å². The number of amides is 1. The molecule has 0 bridgehead atoms. The third-order valence-electron chi connectivity index (χ3n) is 4.71. The van der Waals surface area contributed by atoms with Gasteiger partial charge in [0, 0.05) is 17.3 Å². The minimum Gasteiger partial charge on any atom is -0.353 e. The zero-order chi connectivity index (χ0) is 13.9. The SMILES string of the molecule is CSC(C)(C)CNC(=O)C1CCC2CCCCC2N1. The Kier molecular flexibility index (Phi) is 5.18. The van der Waals surface area contributed by atoms with Crippen molar-refractivity contribution in [3.8, 4) is 0 Å². The van der Waals surface area contributed by atoms with Gasteiger partial charge in [-0.15, -0.1) is 0 Å². The monoisotopic (exact) mass is 284 g/mol. The lowest BCUT2D eigenvalue weighted by atomic mass is 9.77. The van der Waals surface area contributed by atoms with Crippen LogP contribution in [0.4, 0.5) is 0 Å². The number of carbonyl (C=O) groups is 1. The molecule has 1 saturated heterocycles. The smallest absolute Gasteiger partial charge is 0.237 e. The van der Waals surface area contributed by atoms with Crippen LogP contribution < -0.4 is 10.6 Å². The summed E-state index contributed by atoms with van der Waals surface area (Å²) in [5.41, 5.74) is 0. The Bertz CT molecular complexity index is 319. The maximum absolute atomic E-state index is 12.3. The molecule has 0 aromatic carbocycles. The minimum absolute atomic E-state index is 0.0389. The van der Waals surface area contributed by atoms with E-state index in [4.69, 9.17) is 0 Å². The second-order valence-corrected chi connectivity index (χ2v) is 8.14. The molecule has 1 amide bonds. The first-order valence-electron chi connectivity index (χ1n) is 7.61. The molecule has 4 heteroatoms. The molecule has 3 atom stereocenters. The van der Waals surface area contributed by atoms with Gasteiger partial charge < -0.3 is 10.6 Å². The van der Waals surface area contributed by atoms with E-state index in [0.29, 0.717) is 6.04 Å². The first-order valence-corrected chi connectivity index (χ1v) is 8.83. The highest BCUT2D eigenvalue weighted by molar-refractivity contribution is 7.99. The fraction of sp³-hybridized carbons (Fsp3) is 0.933. The van der Waals surface area contributed by atoms with Crippen LogP contribution in [0.15, 0.2) is 0 Å². The van der Waals surface area contributed by atoms with Gasteiger partial charge in [-0.05, 0) is 51.7 Å². The van der Waals surface area contributed by atoms with Crippen molar-refractivity contribution in [3.05, 3.63) is 0 Å². The summed E-state index contributed by atoms with van der Waals surface area (Å²) in [4.78, 5) is 12.3. The lowest BCUT2D eigenvalue weighted by molar-refractivity contribution is -0.124. The number of carbonyl (C=O) groups excluding carboxylic acids is 1. The van der Waals surface area contributed by atoms with Crippen LogP contribution in [0, 0.1) is 5.92 Å². The third-order valence-corrected chi connectivity index (χ3v) is 5.96. The van der Waals surface area contributed by atoms with Crippen molar-refractivity contribution >= 4 is 17.7 Å². The lowest BCUT2D eigenvalue weighted by Crippen LogP contribution is -2.55. The van der Waals surface area contributed by atoms with Gasteiger partial charge in [-0.25, -0.2) is 0 Å². The van der Waals surface area contributed by atoms with Gasteiger partial charge in [0.2, 0.25) is 5.91 Å². The normalized spacial score (nSPS) is 31.6. The molecule has 1 aliphatic heterocycles. The standard InChI is InChI=1S/C15H28N2OS/c1-15(2,19-3)10-16-14(18)13-9-8-11-6-4-5-7-12(11)17-13/h11-13,17H,4-10H2,1-3H3,(H,16,18). The highest BCUT2D eigenvalue weighted by atomic mass is 32.2. The number of rotatable bonds is 4. The van der Waals surface area contributed by atoms with Gasteiger partial charge in [0.25, 0.3) is 0 Å². The number of hydrogen-bond acceptors (Lipinski definition) is 3. The summed E-state index contributed by atoms with van der Waals surface area (Å²) < 4.78 is 0.123. The van der Waals surface area contributed by atoms with Crippen LogP contribution in [-0.4, -0.2) is 35.5 Å². The van der Waals surface area contributed by atoms with E-state index >= 15 is 0 Å². The molecular formula is C15H28N2OS. The average molecular weight is 284 g/mol. The number of thioether (sulfide) groups is 1. The molecule has 2 N–H and O–H groups in total. The Hall–Kier alpha value is -0.220. The van der Waals surface area contributed by atoms with E-state index in [1.807, 2.05) is 0 Å². The van der Waals surface area contributed by atoms with Gasteiger partial charge in [0.05, 0.1) is 6.04 Å². The molecular weight excluding hydrogens is 256 g/mol. The van der Waals surface area contributed by atoms with E-state index < -0.39 is 0 Å². The first kappa shape index (κ1) is 15.2. The Morgan fingerprint density at radius 1 is 1.26 bits per heavy atom. The van der Waals surface area contributed by atoms with Crippen molar-refractivity contribution in [2.24, 2.45) is 5.92 Å². The Morgan fingerprint density at radius 2 is 2.00 bits per heavy atom. The van der Waals surface area contributed by atoms with E-state index in [1.165, 1.54) is 32.1 Å². The fourth-order valence-corrected chi connectivity index (χ4v) is 3.41. The zero-order valence-corrected chi connectivity index (χ0v) is 13.3. The fourth-order valence-electron chi connectivity index (χ4n) is 3.20.